The van der Waals surface area contributed by atoms with Crippen molar-refractivity contribution in [2.24, 2.45) is 23.5 Å². The third-order valence-corrected chi connectivity index (χ3v) is 7.75. The number of carbonyl (C=O) groups is 3. The van der Waals surface area contributed by atoms with Crippen LogP contribution in [-0.4, -0.2) is 85.9 Å². The summed E-state index contributed by atoms with van der Waals surface area (Å²) >= 11 is 6.31. The highest BCUT2D eigenvalue weighted by atomic mass is 35.5. The molecule has 178 valence electrons. The molecule has 3 aliphatic carbocycles. The second-order valence-electron chi connectivity index (χ2n) is 9.23. The van der Waals surface area contributed by atoms with Gasteiger partial charge in [-0.1, -0.05) is 18.5 Å². The maximum Gasteiger partial charge on any atom is 0.230 e. The standard InChI is InChI=1S/C22H25ClN2O8/c1-6-9-7(23)4-5-8(26)11(9)16(27)12-10(6)17(28)14-15(25(2)3)18(29)13(21(24)32)20(31)22(14,33)19(12)30/h4-6,10,13-15,17-18,26,28-30,33H,1-3H3,(H2,24,32)/t6-,10+,13?,14+,15-,17-,18?,22-/m0/s1. The number of nitrogens with zero attached hydrogens (tertiary/aromatic N) is 1. The Hall–Kier alpha value is -2.50. The van der Waals surface area contributed by atoms with Gasteiger partial charge in [-0.15, -0.1) is 0 Å². The smallest absolute Gasteiger partial charge is 0.230 e. The minimum atomic E-state index is -2.87. The van der Waals surface area contributed by atoms with E-state index in [1.54, 1.807) is 6.92 Å². The summed E-state index contributed by atoms with van der Waals surface area (Å²) in [5, 5.41) is 55.6. The molecule has 0 aliphatic heterocycles. The monoisotopic (exact) mass is 480 g/mol. The average molecular weight is 481 g/mol. The van der Waals surface area contributed by atoms with Crippen molar-refractivity contribution in [2.75, 3.05) is 14.1 Å². The van der Waals surface area contributed by atoms with Crippen LogP contribution in [-0.2, 0) is 9.59 Å². The molecule has 3 aliphatic rings. The van der Waals surface area contributed by atoms with Crippen molar-refractivity contribution in [3.05, 3.63) is 39.6 Å². The molecule has 0 bridgehead atoms. The van der Waals surface area contributed by atoms with E-state index < -0.39 is 82.1 Å². The lowest BCUT2D eigenvalue weighted by atomic mass is 9.53. The SMILES string of the molecule is C[C@H]1c2c(Cl)ccc(O)c2C(=O)C2=C(O)[C@]3(O)C(=O)C(C(N)=O)C(O)[C@@H](N(C)C)[C@@H]3[C@@H](O)[C@@H]21. The van der Waals surface area contributed by atoms with Crippen molar-refractivity contribution < 1.29 is 39.9 Å². The number of phenolic OH excluding ortho intramolecular Hbond substituents is 1. The van der Waals surface area contributed by atoms with Gasteiger partial charge in [0.2, 0.25) is 5.91 Å². The summed E-state index contributed by atoms with van der Waals surface area (Å²) in [6.07, 6.45) is -3.31. The lowest BCUT2D eigenvalue weighted by Gasteiger charge is -2.56. The Morgan fingerprint density at radius 1 is 1.15 bits per heavy atom. The Morgan fingerprint density at radius 2 is 1.76 bits per heavy atom. The van der Waals surface area contributed by atoms with E-state index in [1.165, 1.54) is 31.1 Å². The van der Waals surface area contributed by atoms with E-state index in [0.717, 1.165) is 0 Å². The van der Waals surface area contributed by atoms with Gasteiger partial charge in [0.1, 0.15) is 17.4 Å². The number of rotatable bonds is 2. The predicted octanol–water partition coefficient (Wildman–Crippen LogP) is -0.529. The zero-order valence-corrected chi connectivity index (χ0v) is 18.8. The van der Waals surface area contributed by atoms with Crippen molar-refractivity contribution in [1.29, 1.82) is 0 Å². The number of aromatic hydroxyl groups is 1. The fourth-order valence-electron chi connectivity index (χ4n) is 6.00. The second kappa shape index (κ2) is 7.51. The average Bonchev–Trinajstić information content (AvgIpc) is 2.72. The third-order valence-electron chi connectivity index (χ3n) is 7.42. The van der Waals surface area contributed by atoms with Gasteiger partial charge in [-0.2, -0.15) is 0 Å². The van der Waals surface area contributed by atoms with Crippen molar-refractivity contribution in [2.45, 2.75) is 36.7 Å². The molecule has 7 N–H and O–H groups in total. The van der Waals surface area contributed by atoms with Crippen LogP contribution < -0.4 is 5.73 Å². The number of amides is 1. The third kappa shape index (κ3) is 2.85. The Labute approximate surface area is 193 Å². The van der Waals surface area contributed by atoms with E-state index in [1.807, 2.05) is 0 Å². The molecule has 11 heteroatoms. The zero-order chi connectivity index (χ0) is 24.7. The number of fused-ring (bicyclic) bond motifs is 3. The van der Waals surface area contributed by atoms with Gasteiger partial charge < -0.3 is 36.2 Å². The van der Waals surface area contributed by atoms with Gasteiger partial charge in [-0.05, 0) is 37.7 Å². The minimum Gasteiger partial charge on any atom is -0.508 e. The Bertz CT molecular complexity index is 1120. The molecule has 2 unspecified atom stereocenters. The molecule has 0 aromatic heterocycles. The molecule has 4 rings (SSSR count). The van der Waals surface area contributed by atoms with Crippen LogP contribution in [0.2, 0.25) is 5.02 Å². The molecule has 0 radical (unpaired) electrons. The molecule has 1 aromatic rings. The molecular weight excluding hydrogens is 456 g/mol. The summed E-state index contributed by atoms with van der Waals surface area (Å²) in [6, 6.07) is 1.41. The van der Waals surface area contributed by atoms with Crippen molar-refractivity contribution in [3.63, 3.8) is 0 Å². The van der Waals surface area contributed by atoms with Crippen LogP contribution in [0, 0.1) is 17.8 Å². The van der Waals surface area contributed by atoms with E-state index in [0.29, 0.717) is 0 Å². The molecular formula is C22H25ClN2O8. The number of Topliss-reactive ketones (excluding diaryl/α,β-unsaturated/α-hetero) is 2. The maximum absolute atomic E-state index is 13.4. The number of primary amides is 1. The van der Waals surface area contributed by atoms with Gasteiger partial charge in [0.25, 0.3) is 0 Å². The second-order valence-corrected chi connectivity index (χ2v) is 9.64. The van der Waals surface area contributed by atoms with Gasteiger partial charge in [0.15, 0.2) is 17.2 Å². The predicted molar refractivity (Wildman–Crippen MR) is 115 cm³/mol. The molecule has 33 heavy (non-hydrogen) atoms. The number of hydrogen-bond donors (Lipinski definition) is 6. The van der Waals surface area contributed by atoms with Crippen LogP contribution in [0.3, 0.4) is 0 Å². The van der Waals surface area contributed by atoms with E-state index in [9.17, 15) is 39.9 Å². The molecule has 10 nitrogen and oxygen atoms in total. The minimum absolute atomic E-state index is 0.160. The lowest BCUT2D eigenvalue weighted by molar-refractivity contribution is -0.194. The highest BCUT2D eigenvalue weighted by Gasteiger charge is 2.69. The number of benzene rings is 1. The molecule has 0 saturated heterocycles. The summed E-state index contributed by atoms with van der Waals surface area (Å²) in [5.41, 5.74) is 2.05. The number of aliphatic hydroxyl groups is 4. The summed E-state index contributed by atoms with van der Waals surface area (Å²) < 4.78 is 0. The van der Waals surface area contributed by atoms with Crippen LogP contribution in [0.25, 0.3) is 0 Å². The number of halogens is 1. The topological polar surface area (TPSA) is 182 Å². The first-order valence-corrected chi connectivity index (χ1v) is 10.7. The summed E-state index contributed by atoms with van der Waals surface area (Å²) in [6.45, 7) is 1.63. The first-order chi connectivity index (χ1) is 15.3. The van der Waals surface area contributed by atoms with E-state index >= 15 is 0 Å². The van der Waals surface area contributed by atoms with Crippen LogP contribution >= 0.6 is 11.6 Å². The number of hydrogen-bond acceptors (Lipinski definition) is 9. The van der Waals surface area contributed by atoms with Crippen molar-refractivity contribution in [1.82, 2.24) is 4.90 Å². The Balaban J connectivity index is 2.05. The van der Waals surface area contributed by atoms with E-state index in [4.69, 9.17) is 17.3 Å². The molecule has 1 aromatic carbocycles. The molecule has 1 fully saturated rings. The number of phenols is 1. The number of nitrogens with two attached hydrogens (primary N) is 1. The summed E-state index contributed by atoms with van der Waals surface area (Å²) in [4.78, 5) is 40.1. The van der Waals surface area contributed by atoms with Crippen LogP contribution in [0.1, 0.15) is 28.8 Å². The quantitative estimate of drug-likeness (QED) is 0.303. The molecule has 1 saturated carbocycles. The van der Waals surface area contributed by atoms with Crippen LogP contribution in [0.5, 0.6) is 5.75 Å². The molecule has 1 amide bonds. The van der Waals surface area contributed by atoms with Gasteiger partial charge >= 0.3 is 0 Å². The van der Waals surface area contributed by atoms with E-state index in [-0.39, 0.29) is 16.1 Å². The highest BCUT2D eigenvalue weighted by Crippen LogP contribution is 2.56. The maximum atomic E-state index is 13.4. The van der Waals surface area contributed by atoms with Crippen LogP contribution in [0.15, 0.2) is 23.5 Å². The summed E-state index contributed by atoms with van der Waals surface area (Å²) in [7, 11) is 3.01. The zero-order valence-electron chi connectivity index (χ0n) is 18.1. The largest absolute Gasteiger partial charge is 0.508 e. The van der Waals surface area contributed by atoms with Crippen LogP contribution in [0.4, 0.5) is 0 Å². The molecule has 0 spiro atoms. The molecule has 0 heterocycles. The fourth-order valence-corrected chi connectivity index (χ4v) is 6.33. The summed E-state index contributed by atoms with van der Waals surface area (Å²) in [5.74, 6) is -10.1. The van der Waals surface area contributed by atoms with Crippen molar-refractivity contribution in [3.8, 4) is 5.75 Å². The number of aliphatic hydroxyl groups excluding tert-OH is 3. The van der Waals surface area contributed by atoms with Gasteiger partial charge in [-0.3, -0.25) is 14.4 Å². The van der Waals surface area contributed by atoms with Crippen molar-refractivity contribution >= 4 is 29.1 Å². The first-order valence-electron chi connectivity index (χ1n) is 10.4. The number of ketones is 2. The van der Waals surface area contributed by atoms with Gasteiger partial charge in [0.05, 0.1) is 17.8 Å². The fraction of sp³-hybridized carbons (Fsp3) is 0.500. The highest BCUT2D eigenvalue weighted by molar-refractivity contribution is 6.32. The number of likely N-dealkylation sites (N-methyl/N-ethyl adjacent to an activating group) is 1. The normalized spacial score (nSPS) is 38.1. The van der Waals surface area contributed by atoms with E-state index in [2.05, 4.69) is 0 Å². The molecule has 8 atom stereocenters. The van der Waals surface area contributed by atoms with Gasteiger partial charge in [-0.25, -0.2) is 0 Å². The van der Waals surface area contributed by atoms with Gasteiger partial charge in [0, 0.05) is 28.5 Å². The Kier molecular flexibility index (Phi) is 5.38. The lowest BCUT2D eigenvalue weighted by Crippen LogP contribution is -2.74. The first kappa shape index (κ1) is 23.7. The Morgan fingerprint density at radius 3 is 2.30 bits per heavy atom. The number of carbonyl (C=O) groups excluding carboxylic acids is 3.